The van der Waals surface area contributed by atoms with Gasteiger partial charge >= 0.3 is 24.8 Å². The molecule has 0 atom stereocenters. The minimum atomic E-state index is -0.446. The largest absolute Gasteiger partial charge is 0.577 e. The van der Waals surface area contributed by atoms with Gasteiger partial charge in [0.15, 0.2) is 0 Å². The SMILES string of the molecule is [Cl][Ni].[N-]=O.c1ccc(P(c2ccccc2)c2ccccc2)cc1.c1ccc(P(c2ccccc2)c2ccccc2)cc1. The van der Waals surface area contributed by atoms with E-state index >= 15 is 0 Å². The first kappa shape index (κ1) is 33.1. The summed E-state index contributed by atoms with van der Waals surface area (Å²) in [5.74, 6) is 0. The molecule has 2 nitrogen and oxygen atoms in total. The zero-order valence-electron chi connectivity index (χ0n) is 22.8. The molecule has 0 spiro atoms. The van der Waals surface area contributed by atoms with Crippen molar-refractivity contribution in [2.24, 2.45) is 0 Å². The van der Waals surface area contributed by atoms with Gasteiger partial charge in [0.1, 0.15) is 0 Å². The number of rotatable bonds is 6. The molecule has 0 N–H and O–H groups in total. The fourth-order valence-corrected chi connectivity index (χ4v) is 8.97. The van der Waals surface area contributed by atoms with Crippen molar-refractivity contribution in [1.82, 2.24) is 0 Å². The molecule has 0 saturated carbocycles. The van der Waals surface area contributed by atoms with Crippen molar-refractivity contribution in [3.05, 3.63) is 192 Å². The van der Waals surface area contributed by atoms with Crippen molar-refractivity contribution in [3.8, 4) is 0 Å². The van der Waals surface area contributed by atoms with E-state index < -0.39 is 15.8 Å². The minimum absolute atomic E-state index is 0.446. The third kappa shape index (κ3) is 9.84. The summed E-state index contributed by atoms with van der Waals surface area (Å²) >= 11 is 3.35. The van der Waals surface area contributed by atoms with Gasteiger partial charge in [-0.3, -0.25) is 0 Å². The maximum absolute atomic E-state index is 7.25. The first-order valence-corrected chi connectivity index (χ1v) is 17.2. The van der Waals surface area contributed by atoms with Crippen LogP contribution >= 0.6 is 26.0 Å². The van der Waals surface area contributed by atoms with Crippen LogP contribution in [0.4, 0.5) is 0 Å². The summed E-state index contributed by atoms with van der Waals surface area (Å²) in [6.07, 6.45) is 0. The van der Waals surface area contributed by atoms with E-state index in [2.05, 4.69) is 207 Å². The Morgan fingerprint density at radius 2 is 0.429 bits per heavy atom. The summed E-state index contributed by atoms with van der Waals surface area (Å²) in [4.78, 5) is 7.25. The fraction of sp³-hybridized carbons (Fsp3) is 0. The van der Waals surface area contributed by atoms with Crippen LogP contribution in [0.25, 0.3) is 5.59 Å². The Labute approximate surface area is 263 Å². The Morgan fingerprint density at radius 3 is 0.548 bits per heavy atom. The Kier molecular flexibility index (Phi) is 15.5. The van der Waals surface area contributed by atoms with E-state index in [1.54, 1.807) is 0 Å². The second-order valence-electron chi connectivity index (χ2n) is 8.68. The van der Waals surface area contributed by atoms with Crippen molar-refractivity contribution in [2.75, 3.05) is 0 Å². The van der Waals surface area contributed by atoms with Crippen LogP contribution in [0, 0.1) is 4.91 Å². The van der Waals surface area contributed by atoms with Crippen LogP contribution < -0.4 is 31.8 Å². The second-order valence-corrected chi connectivity index (χ2v) is 13.1. The van der Waals surface area contributed by atoms with Crippen molar-refractivity contribution in [1.29, 1.82) is 0 Å². The molecule has 6 heteroatoms. The number of halogens is 1. The van der Waals surface area contributed by atoms with Crippen molar-refractivity contribution in [2.45, 2.75) is 0 Å². The summed E-state index contributed by atoms with van der Waals surface area (Å²) in [6, 6.07) is 64.7. The number of nitrogens with zero attached hydrogens (tertiary/aromatic N) is 1. The smallest absolute Gasteiger partial charge is 0.0134 e. The van der Waals surface area contributed by atoms with E-state index in [0.717, 1.165) is 0 Å². The predicted octanol–water partition coefficient (Wildman–Crippen LogP) is 7.90. The molecule has 6 rings (SSSR count). The van der Waals surface area contributed by atoms with Gasteiger partial charge < -0.3 is 10.5 Å². The molecular formula is C36H30ClNNiOP2-. The van der Waals surface area contributed by atoms with Crippen LogP contribution in [0.2, 0.25) is 0 Å². The molecule has 6 aromatic carbocycles. The van der Waals surface area contributed by atoms with Gasteiger partial charge in [-0.1, -0.05) is 182 Å². The molecule has 0 unspecified atom stereocenters. The van der Waals surface area contributed by atoms with Crippen LogP contribution in [-0.2, 0) is 14.6 Å². The van der Waals surface area contributed by atoms with E-state index in [4.69, 9.17) is 10.5 Å². The van der Waals surface area contributed by atoms with Gasteiger partial charge in [-0.15, -0.1) is 0 Å². The third-order valence-corrected chi connectivity index (χ3v) is 11.0. The molecule has 42 heavy (non-hydrogen) atoms. The zero-order chi connectivity index (χ0) is 29.8. The predicted molar refractivity (Wildman–Crippen MR) is 183 cm³/mol. The van der Waals surface area contributed by atoms with Gasteiger partial charge in [0, 0.05) is 0 Å². The quantitative estimate of drug-likeness (QED) is 0.134. The van der Waals surface area contributed by atoms with Crippen molar-refractivity contribution < 1.29 is 14.6 Å². The van der Waals surface area contributed by atoms with Crippen molar-refractivity contribution >= 4 is 57.9 Å². The molecule has 0 aliphatic rings. The second kappa shape index (κ2) is 19.6. The maximum Gasteiger partial charge on any atom is -0.0134 e. The standard InChI is InChI=1S/2C18H15P.ClH.NO.Ni/c2*1-4-10-16(11-5-1)19(17-12-6-2-7-13-17)18-14-8-3-9-15-18;;1-2;/h2*1-15H;1H;;/q;;;-1;+1/p-1. The molecule has 0 aliphatic heterocycles. The third-order valence-electron chi connectivity index (χ3n) is 6.09. The topological polar surface area (TPSA) is 39.4 Å². The summed E-state index contributed by atoms with van der Waals surface area (Å²) < 4.78 is 0. The van der Waals surface area contributed by atoms with E-state index in [1.807, 2.05) is 0 Å². The number of benzene rings is 6. The Hall–Kier alpha value is -3.44. The average molecular weight is 649 g/mol. The summed E-state index contributed by atoms with van der Waals surface area (Å²) in [5, 5.41) is 8.39. The minimum Gasteiger partial charge on any atom is -0.577 e. The Morgan fingerprint density at radius 1 is 0.310 bits per heavy atom. The molecule has 0 heterocycles. The number of hydrogen-bond donors (Lipinski definition) is 0. The maximum atomic E-state index is 7.25. The van der Waals surface area contributed by atoms with Gasteiger partial charge in [-0.2, -0.15) is 0 Å². The monoisotopic (exact) mass is 647 g/mol. The van der Waals surface area contributed by atoms with Crippen LogP contribution in [0.1, 0.15) is 0 Å². The zero-order valence-corrected chi connectivity index (χ0v) is 26.3. The molecule has 0 fully saturated rings. The first-order chi connectivity index (χ1) is 20.9. The van der Waals surface area contributed by atoms with Crippen LogP contribution in [0.15, 0.2) is 182 Å². The first-order valence-electron chi connectivity index (χ1n) is 13.1. The molecule has 0 aliphatic carbocycles. The number of hydrogen-bond acceptors (Lipinski definition) is 1. The summed E-state index contributed by atoms with van der Waals surface area (Å²) in [7, 11) is 3.37. The van der Waals surface area contributed by atoms with Crippen LogP contribution in [0.5, 0.6) is 0 Å². The molecule has 6 aromatic rings. The molecule has 0 bridgehead atoms. The summed E-state index contributed by atoms with van der Waals surface area (Å²) in [5.41, 5.74) is 5.75. The van der Waals surface area contributed by atoms with Crippen LogP contribution in [0.3, 0.4) is 0 Å². The average Bonchev–Trinajstić information content (AvgIpc) is 3.10. The van der Waals surface area contributed by atoms with Gasteiger partial charge in [0.2, 0.25) is 0 Å². The van der Waals surface area contributed by atoms with Gasteiger partial charge in [0.05, 0.1) is 0 Å². The van der Waals surface area contributed by atoms with E-state index in [9.17, 15) is 0 Å². The summed E-state index contributed by atoms with van der Waals surface area (Å²) in [6.45, 7) is 0. The molecule has 0 radical (unpaired) electrons. The Balaban J connectivity index is 0.000000206. The van der Waals surface area contributed by atoms with Crippen molar-refractivity contribution in [3.63, 3.8) is 0 Å². The van der Waals surface area contributed by atoms with Crippen LogP contribution in [-0.4, -0.2) is 0 Å². The van der Waals surface area contributed by atoms with Gasteiger partial charge in [0.25, 0.3) is 0 Å². The molecule has 0 amide bonds. The molecule has 0 aromatic heterocycles. The molecule has 213 valence electrons. The van der Waals surface area contributed by atoms with E-state index in [0.29, 0.717) is 0 Å². The molecule has 0 saturated heterocycles. The van der Waals surface area contributed by atoms with Gasteiger partial charge in [-0.25, -0.2) is 0 Å². The normalized spacial score (nSPS) is 9.83. The Bertz CT molecular complexity index is 1210. The number of nitroso groups, excluding NO2 is 1. The van der Waals surface area contributed by atoms with E-state index in [1.165, 1.54) is 31.8 Å². The van der Waals surface area contributed by atoms with Gasteiger partial charge in [-0.05, 0) is 47.7 Å². The fourth-order valence-electron chi connectivity index (χ4n) is 4.36. The van der Waals surface area contributed by atoms with E-state index in [-0.39, 0.29) is 0 Å². The molecular weight excluding hydrogens is 618 g/mol.